The first-order chi connectivity index (χ1) is 7.70. The van der Waals surface area contributed by atoms with Crippen LogP contribution in [0, 0.1) is 0 Å². The second kappa shape index (κ2) is 5.67. The van der Waals surface area contributed by atoms with E-state index in [1.165, 1.54) is 0 Å². The SMILES string of the molecule is CC(C)(C)NC(=O)C(Cl)c1ncc(Br)cc1Br. The van der Waals surface area contributed by atoms with Crippen molar-refractivity contribution in [3.63, 3.8) is 0 Å². The number of aromatic nitrogens is 1. The minimum absolute atomic E-state index is 0.255. The van der Waals surface area contributed by atoms with E-state index in [4.69, 9.17) is 11.6 Å². The molecule has 0 fully saturated rings. The van der Waals surface area contributed by atoms with Gasteiger partial charge in [0.1, 0.15) is 0 Å². The average molecular weight is 384 g/mol. The summed E-state index contributed by atoms with van der Waals surface area (Å²) in [6.07, 6.45) is 1.61. The third kappa shape index (κ3) is 4.56. The number of hydrogen-bond donors (Lipinski definition) is 1. The number of nitrogens with one attached hydrogen (secondary N) is 1. The predicted molar refractivity (Wildman–Crippen MR) is 76.1 cm³/mol. The summed E-state index contributed by atoms with van der Waals surface area (Å²) >= 11 is 12.7. The maximum absolute atomic E-state index is 11.9. The first kappa shape index (κ1) is 14.9. The summed E-state index contributed by atoms with van der Waals surface area (Å²) in [4.78, 5) is 16.0. The van der Waals surface area contributed by atoms with Crippen molar-refractivity contribution in [2.45, 2.75) is 31.7 Å². The molecule has 0 radical (unpaired) electrons. The molecule has 1 atom stereocenters. The van der Waals surface area contributed by atoms with Crippen molar-refractivity contribution >= 4 is 49.4 Å². The molecule has 0 aliphatic heterocycles. The van der Waals surface area contributed by atoms with Crippen molar-refractivity contribution in [2.75, 3.05) is 0 Å². The Hall–Kier alpha value is -0.130. The van der Waals surface area contributed by atoms with Crippen LogP contribution in [0.1, 0.15) is 31.8 Å². The van der Waals surface area contributed by atoms with E-state index >= 15 is 0 Å². The fourth-order valence-corrected chi connectivity index (χ4v) is 2.75. The third-order valence-corrected chi connectivity index (χ3v) is 3.28. The molecule has 6 heteroatoms. The highest BCUT2D eigenvalue weighted by atomic mass is 79.9. The topological polar surface area (TPSA) is 42.0 Å². The summed E-state index contributed by atoms with van der Waals surface area (Å²) in [5.41, 5.74) is 0.197. The summed E-state index contributed by atoms with van der Waals surface area (Å²) in [5.74, 6) is -0.255. The molecule has 1 aromatic heterocycles. The number of nitrogens with zero attached hydrogens (tertiary/aromatic N) is 1. The summed E-state index contributed by atoms with van der Waals surface area (Å²) < 4.78 is 1.53. The van der Waals surface area contributed by atoms with Crippen LogP contribution in [0.5, 0.6) is 0 Å². The van der Waals surface area contributed by atoms with Crippen molar-refractivity contribution < 1.29 is 4.79 Å². The van der Waals surface area contributed by atoms with Crippen LogP contribution in [-0.2, 0) is 4.79 Å². The van der Waals surface area contributed by atoms with Gasteiger partial charge in [-0.15, -0.1) is 11.6 Å². The summed E-state index contributed by atoms with van der Waals surface area (Å²) in [6, 6.07) is 1.81. The fourth-order valence-electron chi connectivity index (χ4n) is 1.17. The maximum Gasteiger partial charge on any atom is 0.244 e. The quantitative estimate of drug-likeness (QED) is 0.788. The summed E-state index contributed by atoms with van der Waals surface area (Å²) in [5, 5.41) is 2.01. The summed E-state index contributed by atoms with van der Waals surface area (Å²) in [7, 11) is 0. The van der Waals surface area contributed by atoms with Gasteiger partial charge in [-0.3, -0.25) is 9.78 Å². The third-order valence-electron chi connectivity index (χ3n) is 1.80. The Labute approximate surface area is 123 Å². The molecular formula is C11H13Br2ClN2O. The maximum atomic E-state index is 11.9. The Morgan fingerprint density at radius 2 is 2.06 bits per heavy atom. The second-order valence-electron chi connectivity index (χ2n) is 4.62. The lowest BCUT2D eigenvalue weighted by atomic mass is 10.1. The Morgan fingerprint density at radius 3 is 2.53 bits per heavy atom. The molecule has 1 unspecified atom stereocenters. The van der Waals surface area contributed by atoms with Gasteiger partial charge in [0.15, 0.2) is 5.38 Å². The molecule has 0 saturated heterocycles. The van der Waals surface area contributed by atoms with Gasteiger partial charge in [-0.1, -0.05) is 0 Å². The number of halogens is 3. The highest BCUT2D eigenvalue weighted by Gasteiger charge is 2.25. The van der Waals surface area contributed by atoms with Crippen LogP contribution in [0.4, 0.5) is 0 Å². The van der Waals surface area contributed by atoms with E-state index in [9.17, 15) is 4.79 Å². The van der Waals surface area contributed by atoms with E-state index in [2.05, 4.69) is 42.2 Å². The van der Waals surface area contributed by atoms with E-state index in [0.29, 0.717) is 10.2 Å². The van der Waals surface area contributed by atoms with E-state index in [0.717, 1.165) is 4.47 Å². The van der Waals surface area contributed by atoms with Gasteiger partial charge >= 0.3 is 0 Å². The zero-order valence-corrected chi connectivity index (χ0v) is 13.6. The molecule has 0 bridgehead atoms. The van der Waals surface area contributed by atoms with E-state index < -0.39 is 5.38 Å². The number of carbonyl (C=O) groups is 1. The fraction of sp³-hybridized carbons (Fsp3) is 0.455. The molecule has 1 heterocycles. The lowest BCUT2D eigenvalue weighted by Gasteiger charge is -2.22. The van der Waals surface area contributed by atoms with Gasteiger partial charge in [0, 0.05) is 20.7 Å². The first-order valence-corrected chi connectivity index (χ1v) is 7.00. The molecule has 17 heavy (non-hydrogen) atoms. The van der Waals surface area contributed by atoms with Gasteiger partial charge in [0.25, 0.3) is 0 Å². The molecule has 1 amide bonds. The van der Waals surface area contributed by atoms with E-state index in [1.807, 2.05) is 26.8 Å². The molecule has 94 valence electrons. The normalized spacial score (nSPS) is 13.3. The smallest absolute Gasteiger partial charge is 0.244 e. The molecule has 1 N–H and O–H groups in total. The number of hydrogen-bond acceptors (Lipinski definition) is 2. The standard InChI is InChI=1S/C11H13Br2ClN2O/c1-11(2,3)16-10(17)8(14)9-7(13)4-6(12)5-15-9/h4-5,8H,1-3H3,(H,16,17). The molecule has 0 spiro atoms. The van der Waals surface area contributed by atoms with Gasteiger partial charge in [0.05, 0.1) is 5.69 Å². The van der Waals surface area contributed by atoms with Gasteiger partial charge in [0.2, 0.25) is 5.91 Å². The van der Waals surface area contributed by atoms with Crippen molar-refractivity contribution in [3.8, 4) is 0 Å². The van der Waals surface area contributed by atoms with Crippen molar-refractivity contribution in [1.82, 2.24) is 10.3 Å². The summed E-state index contributed by atoms with van der Waals surface area (Å²) in [6.45, 7) is 5.70. The number of carbonyl (C=O) groups excluding carboxylic acids is 1. The van der Waals surface area contributed by atoms with Crippen LogP contribution in [0.25, 0.3) is 0 Å². The van der Waals surface area contributed by atoms with Gasteiger partial charge < -0.3 is 5.32 Å². The first-order valence-electron chi connectivity index (χ1n) is 4.98. The Bertz CT molecular complexity index is 432. The Kier molecular flexibility index (Phi) is 4.98. The van der Waals surface area contributed by atoms with Crippen molar-refractivity contribution in [1.29, 1.82) is 0 Å². The van der Waals surface area contributed by atoms with Crippen LogP contribution in [0.2, 0.25) is 0 Å². The van der Waals surface area contributed by atoms with E-state index in [1.54, 1.807) is 6.20 Å². The zero-order chi connectivity index (χ0) is 13.2. The molecule has 0 aliphatic carbocycles. The number of rotatable bonds is 2. The Balaban J connectivity index is 2.89. The second-order valence-corrected chi connectivity index (χ2v) is 6.83. The molecule has 3 nitrogen and oxygen atoms in total. The van der Waals surface area contributed by atoms with Gasteiger partial charge in [-0.25, -0.2) is 0 Å². The highest BCUT2D eigenvalue weighted by Crippen LogP contribution is 2.28. The van der Waals surface area contributed by atoms with Crippen LogP contribution in [-0.4, -0.2) is 16.4 Å². The molecule has 1 aromatic rings. The minimum atomic E-state index is -0.809. The molecule has 0 aromatic carbocycles. The highest BCUT2D eigenvalue weighted by molar-refractivity contribution is 9.11. The van der Waals surface area contributed by atoms with Crippen molar-refractivity contribution in [2.24, 2.45) is 0 Å². The van der Waals surface area contributed by atoms with Crippen LogP contribution in [0.3, 0.4) is 0 Å². The number of pyridine rings is 1. The monoisotopic (exact) mass is 382 g/mol. The zero-order valence-electron chi connectivity index (χ0n) is 9.72. The average Bonchev–Trinajstić information content (AvgIpc) is 2.14. The molecular weight excluding hydrogens is 371 g/mol. The number of alkyl halides is 1. The van der Waals surface area contributed by atoms with Crippen LogP contribution in [0.15, 0.2) is 21.2 Å². The van der Waals surface area contributed by atoms with Crippen LogP contribution >= 0.6 is 43.5 Å². The van der Waals surface area contributed by atoms with Crippen LogP contribution < -0.4 is 5.32 Å². The lowest BCUT2D eigenvalue weighted by molar-refractivity contribution is -0.122. The molecule has 0 saturated carbocycles. The molecule has 1 rings (SSSR count). The van der Waals surface area contributed by atoms with Gasteiger partial charge in [-0.05, 0) is 58.7 Å². The largest absolute Gasteiger partial charge is 0.350 e. The minimum Gasteiger partial charge on any atom is -0.350 e. The Morgan fingerprint density at radius 1 is 1.47 bits per heavy atom. The van der Waals surface area contributed by atoms with Crippen molar-refractivity contribution in [3.05, 3.63) is 26.9 Å². The number of amides is 1. The lowest BCUT2D eigenvalue weighted by Crippen LogP contribution is -2.42. The van der Waals surface area contributed by atoms with Gasteiger partial charge in [-0.2, -0.15) is 0 Å². The van der Waals surface area contributed by atoms with E-state index in [-0.39, 0.29) is 11.4 Å². The molecule has 0 aliphatic rings. The predicted octanol–water partition coefficient (Wildman–Crippen LogP) is 3.80.